The van der Waals surface area contributed by atoms with Crippen molar-refractivity contribution >= 4 is 15.8 Å². The molecule has 6 nitrogen and oxygen atoms in total. The second kappa shape index (κ2) is 6.32. The molecule has 1 fully saturated rings. The van der Waals surface area contributed by atoms with Crippen molar-refractivity contribution in [3.05, 3.63) is 0 Å². The zero-order valence-corrected chi connectivity index (χ0v) is 11.0. The molecule has 0 N–H and O–H groups in total. The number of carbonyl (C=O) groups is 1. The van der Waals surface area contributed by atoms with Crippen molar-refractivity contribution in [2.24, 2.45) is 0 Å². The van der Waals surface area contributed by atoms with E-state index in [9.17, 15) is 13.2 Å². The first-order valence-electron chi connectivity index (χ1n) is 5.60. The molecule has 1 unspecified atom stereocenters. The number of hydrogen-bond acceptors (Lipinski definition) is 6. The summed E-state index contributed by atoms with van der Waals surface area (Å²) >= 11 is 0. The second-order valence-corrected chi connectivity index (χ2v) is 6.39. The summed E-state index contributed by atoms with van der Waals surface area (Å²) in [5.41, 5.74) is 0. The SMILES string of the molecule is CCS(=O)(=O)CCN1CCOC(C(=O)OC)C1. The van der Waals surface area contributed by atoms with Crippen molar-refractivity contribution < 1.29 is 22.7 Å². The number of nitrogens with zero attached hydrogens (tertiary/aromatic N) is 1. The van der Waals surface area contributed by atoms with Gasteiger partial charge in [0.15, 0.2) is 15.9 Å². The smallest absolute Gasteiger partial charge is 0.336 e. The molecule has 7 heteroatoms. The van der Waals surface area contributed by atoms with Crippen molar-refractivity contribution in [3.8, 4) is 0 Å². The van der Waals surface area contributed by atoms with E-state index in [0.717, 1.165) is 0 Å². The van der Waals surface area contributed by atoms with Gasteiger partial charge in [-0.2, -0.15) is 0 Å². The van der Waals surface area contributed by atoms with Crippen LogP contribution < -0.4 is 0 Å². The first-order valence-corrected chi connectivity index (χ1v) is 7.43. The van der Waals surface area contributed by atoms with E-state index in [1.165, 1.54) is 7.11 Å². The average Bonchev–Trinajstić information content (AvgIpc) is 2.36. The molecule has 0 aromatic carbocycles. The summed E-state index contributed by atoms with van der Waals surface area (Å²) in [6, 6.07) is 0. The minimum Gasteiger partial charge on any atom is -0.467 e. The van der Waals surface area contributed by atoms with Crippen LogP contribution in [0.5, 0.6) is 0 Å². The van der Waals surface area contributed by atoms with Crippen molar-refractivity contribution in [1.29, 1.82) is 0 Å². The second-order valence-electron chi connectivity index (χ2n) is 3.92. The van der Waals surface area contributed by atoms with Gasteiger partial charge in [0.2, 0.25) is 0 Å². The van der Waals surface area contributed by atoms with Gasteiger partial charge in [0.05, 0.1) is 19.5 Å². The molecule has 0 saturated carbocycles. The van der Waals surface area contributed by atoms with E-state index in [4.69, 9.17) is 4.74 Å². The van der Waals surface area contributed by atoms with Gasteiger partial charge >= 0.3 is 5.97 Å². The van der Waals surface area contributed by atoms with Crippen LogP contribution in [0.4, 0.5) is 0 Å². The third-order valence-electron chi connectivity index (χ3n) is 2.77. The van der Waals surface area contributed by atoms with Gasteiger partial charge in [-0.15, -0.1) is 0 Å². The molecule has 1 aliphatic rings. The summed E-state index contributed by atoms with van der Waals surface area (Å²) < 4.78 is 32.6. The molecule has 17 heavy (non-hydrogen) atoms. The molecule has 0 aliphatic carbocycles. The van der Waals surface area contributed by atoms with Gasteiger partial charge in [0.25, 0.3) is 0 Å². The topological polar surface area (TPSA) is 72.9 Å². The number of methoxy groups -OCH3 is 1. The van der Waals surface area contributed by atoms with Gasteiger partial charge in [-0.1, -0.05) is 6.92 Å². The molecule has 0 amide bonds. The maximum absolute atomic E-state index is 11.4. The maximum Gasteiger partial charge on any atom is 0.336 e. The van der Waals surface area contributed by atoms with Crippen molar-refractivity contribution in [3.63, 3.8) is 0 Å². The van der Waals surface area contributed by atoms with E-state index in [2.05, 4.69) is 4.74 Å². The highest BCUT2D eigenvalue weighted by molar-refractivity contribution is 7.91. The molecule has 1 aliphatic heterocycles. The number of hydrogen-bond donors (Lipinski definition) is 0. The van der Waals surface area contributed by atoms with E-state index in [-0.39, 0.29) is 11.5 Å². The van der Waals surface area contributed by atoms with Gasteiger partial charge in [-0.3, -0.25) is 4.90 Å². The zero-order chi connectivity index (χ0) is 12.9. The van der Waals surface area contributed by atoms with Crippen molar-refractivity contribution in [2.45, 2.75) is 13.0 Å². The van der Waals surface area contributed by atoms with E-state index in [0.29, 0.717) is 26.2 Å². The van der Waals surface area contributed by atoms with E-state index < -0.39 is 21.9 Å². The highest BCUT2D eigenvalue weighted by Gasteiger charge is 2.27. The summed E-state index contributed by atoms with van der Waals surface area (Å²) in [7, 11) is -1.65. The Morgan fingerprint density at radius 1 is 1.53 bits per heavy atom. The molecule has 1 rings (SSSR count). The lowest BCUT2D eigenvalue weighted by Gasteiger charge is -2.31. The van der Waals surface area contributed by atoms with Crippen LogP contribution in [0.15, 0.2) is 0 Å². The molecular formula is C10H19NO5S. The van der Waals surface area contributed by atoms with Crippen LogP contribution in [0.2, 0.25) is 0 Å². The lowest BCUT2D eigenvalue weighted by Crippen LogP contribution is -2.47. The average molecular weight is 265 g/mol. The van der Waals surface area contributed by atoms with Crippen LogP contribution in [0.1, 0.15) is 6.92 Å². The number of morpholine rings is 1. The summed E-state index contributed by atoms with van der Waals surface area (Å²) in [4.78, 5) is 13.2. The molecule has 0 spiro atoms. The Balaban J connectivity index is 2.42. The molecule has 0 aromatic rings. The third-order valence-corrected chi connectivity index (χ3v) is 4.46. The van der Waals surface area contributed by atoms with Gasteiger partial charge in [0, 0.05) is 25.4 Å². The Labute approximate surface area is 102 Å². The van der Waals surface area contributed by atoms with Crippen LogP contribution in [-0.4, -0.2) is 70.2 Å². The highest BCUT2D eigenvalue weighted by Crippen LogP contribution is 2.07. The van der Waals surface area contributed by atoms with E-state index in [1.54, 1.807) is 6.92 Å². The number of sulfone groups is 1. The molecule has 1 saturated heterocycles. The first-order chi connectivity index (χ1) is 7.98. The first kappa shape index (κ1) is 14.4. The van der Waals surface area contributed by atoms with Crippen LogP contribution in [0, 0.1) is 0 Å². The predicted molar refractivity (Wildman–Crippen MR) is 62.5 cm³/mol. The molecule has 1 atom stereocenters. The molecule has 1 heterocycles. The Morgan fingerprint density at radius 3 is 2.82 bits per heavy atom. The minimum absolute atomic E-state index is 0.122. The number of rotatable bonds is 5. The van der Waals surface area contributed by atoms with Gasteiger partial charge in [0.1, 0.15) is 0 Å². The Kier molecular flexibility index (Phi) is 5.35. The summed E-state index contributed by atoms with van der Waals surface area (Å²) in [6.07, 6.45) is -0.599. The van der Waals surface area contributed by atoms with Crippen molar-refractivity contribution in [1.82, 2.24) is 4.90 Å². The number of esters is 1. The van der Waals surface area contributed by atoms with Crippen molar-refractivity contribution in [2.75, 3.05) is 44.9 Å². The highest BCUT2D eigenvalue weighted by atomic mass is 32.2. The predicted octanol–water partition coefficient (Wildman–Crippen LogP) is -0.705. The fourth-order valence-electron chi connectivity index (χ4n) is 1.59. The standard InChI is InChI=1S/C10H19NO5S/c1-3-17(13,14)7-5-11-4-6-16-9(8-11)10(12)15-2/h9H,3-8H2,1-2H3. The van der Waals surface area contributed by atoms with Crippen LogP contribution in [0.3, 0.4) is 0 Å². The van der Waals surface area contributed by atoms with Gasteiger partial charge < -0.3 is 9.47 Å². The zero-order valence-electron chi connectivity index (χ0n) is 10.2. The molecule has 0 bridgehead atoms. The van der Waals surface area contributed by atoms with Gasteiger partial charge in [-0.25, -0.2) is 13.2 Å². The fourth-order valence-corrected chi connectivity index (χ4v) is 2.42. The van der Waals surface area contributed by atoms with Crippen LogP contribution in [0.25, 0.3) is 0 Å². The lowest BCUT2D eigenvalue weighted by atomic mass is 10.3. The normalized spacial score (nSPS) is 22.4. The number of ether oxygens (including phenoxy) is 2. The van der Waals surface area contributed by atoms with Crippen LogP contribution >= 0.6 is 0 Å². The Hall–Kier alpha value is -0.660. The Bertz CT molecular complexity index is 354. The largest absolute Gasteiger partial charge is 0.467 e. The summed E-state index contributed by atoms with van der Waals surface area (Å²) in [5.74, 6) is -0.136. The molecule has 100 valence electrons. The van der Waals surface area contributed by atoms with E-state index >= 15 is 0 Å². The Morgan fingerprint density at radius 2 is 2.24 bits per heavy atom. The summed E-state index contributed by atoms with van der Waals surface area (Å²) in [6.45, 7) is 3.53. The maximum atomic E-state index is 11.4. The molecule has 0 radical (unpaired) electrons. The molecule has 0 aromatic heterocycles. The fraction of sp³-hybridized carbons (Fsp3) is 0.900. The molecular weight excluding hydrogens is 246 g/mol. The monoisotopic (exact) mass is 265 g/mol. The third kappa shape index (κ3) is 4.61. The number of carbonyl (C=O) groups excluding carboxylic acids is 1. The van der Waals surface area contributed by atoms with Gasteiger partial charge in [-0.05, 0) is 0 Å². The minimum atomic E-state index is -2.96. The lowest BCUT2D eigenvalue weighted by molar-refractivity contribution is -0.159. The van der Waals surface area contributed by atoms with E-state index in [1.807, 2.05) is 4.90 Å². The quantitative estimate of drug-likeness (QED) is 0.612. The summed E-state index contributed by atoms with van der Waals surface area (Å²) in [5, 5.41) is 0. The van der Waals surface area contributed by atoms with Crippen LogP contribution in [-0.2, 0) is 24.1 Å².